The van der Waals surface area contributed by atoms with Crippen LogP contribution in [0.5, 0.6) is 0 Å². The van der Waals surface area contributed by atoms with E-state index < -0.39 is 0 Å². The Labute approximate surface area is 110 Å². The number of aromatic amines is 1. The van der Waals surface area contributed by atoms with Crippen LogP contribution >= 0.6 is 23.6 Å². The summed E-state index contributed by atoms with van der Waals surface area (Å²) >= 11 is 6.88. The highest BCUT2D eigenvalue weighted by atomic mass is 32.1. The number of aromatic nitrogens is 4. The van der Waals surface area contributed by atoms with Crippen LogP contribution in [-0.4, -0.2) is 19.7 Å². The molecule has 0 amide bonds. The molecule has 92 valence electrons. The minimum absolute atomic E-state index is 0.692. The van der Waals surface area contributed by atoms with Crippen molar-refractivity contribution in [3.05, 3.63) is 16.0 Å². The van der Waals surface area contributed by atoms with Crippen molar-refractivity contribution in [2.45, 2.75) is 39.7 Å². The topological polar surface area (TPSA) is 46.5 Å². The Morgan fingerprint density at radius 2 is 2.24 bits per heavy atom. The van der Waals surface area contributed by atoms with Crippen molar-refractivity contribution in [1.82, 2.24) is 19.7 Å². The molecule has 2 heterocycles. The first-order chi connectivity index (χ1) is 8.27. The maximum atomic E-state index is 5.25. The lowest BCUT2D eigenvalue weighted by atomic mass is 10.2. The summed E-state index contributed by atoms with van der Waals surface area (Å²) in [4.78, 5) is 5.56. The van der Waals surface area contributed by atoms with Gasteiger partial charge in [0.2, 0.25) is 0 Å². The maximum Gasteiger partial charge on any atom is 0.195 e. The number of nitrogens with zero attached hydrogens (tertiary/aromatic N) is 3. The zero-order valence-electron chi connectivity index (χ0n) is 10.1. The van der Waals surface area contributed by atoms with Crippen molar-refractivity contribution in [2.24, 2.45) is 0 Å². The van der Waals surface area contributed by atoms with E-state index in [1.54, 1.807) is 11.3 Å². The molecule has 0 unspecified atom stereocenters. The number of hydrogen-bond acceptors (Lipinski definition) is 4. The van der Waals surface area contributed by atoms with Crippen molar-refractivity contribution in [3.63, 3.8) is 0 Å². The number of rotatable bonds is 5. The zero-order chi connectivity index (χ0) is 12.3. The molecule has 6 heteroatoms. The van der Waals surface area contributed by atoms with E-state index in [-0.39, 0.29) is 0 Å². The number of thiazole rings is 1. The minimum Gasteiger partial charge on any atom is -0.299 e. The Morgan fingerprint density at radius 1 is 1.41 bits per heavy atom. The first-order valence-corrected chi connectivity index (χ1v) is 7.14. The van der Waals surface area contributed by atoms with Gasteiger partial charge >= 0.3 is 0 Å². The molecule has 0 bridgehead atoms. The van der Waals surface area contributed by atoms with Gasteiger partial charge in [-0.25, -0.2) is 4.98 Å². The fourth-order valence-corrected chi connectivity index (χ4v) is 2.85. The van der Waals surface area contributed by atoms with Gasteiger partial charge in [0, 0.05) is 6.54 Å². The molecule has 0 aromatic carbocycles. The van der Waals surface area contributed by atoms with Crippen molar-refractivity contribution in [1.29, 1.82) is 0 Å². The first-order valence-electron chi connectivity index (χ1n) is 5.85. The lowest BCUT2D eigenvalue weighted by molar-refractivity contribution is 0.675. The second-order valence-electron chi connectivity index (χ2n) is 3.88. The van der Waals surface area contributed by atoms with Gasteiger partial charge in [-0.2, -0.15) is 5.10 Å². The van der Waals surface area contributed by atoms with Gasteiger partial charge in [0.15, 0.2) is 10.6 Å². The Kier molecular flexibility index (Phi) is 4.06. The van der Waals surface area contributed by atoms with Gasteiger partial charge in [0.05, 0.1) is 16.1 Å². The molecule has 0 aliphatic carbocycles. The van der Waals surface area contributed by atoms with Gasteiger partial charge in [0.25, 0.3) is 0 Å². The summed E-state index contributed by atoms with van der Waals surface area (Å²) < 4.78 is 2.75. The van der Waals surface area contributed by atoms with Crippen LogP contribution < -0.4 is 0 Å². The molecule has 0 atom stereocenters. The molecular formula is C11H16N4S2. The van der Waals surface area contributed by atoms with Crippen LogP contribution in [0.25, 0.3) is 10.7 Å². The summed E-state index contributed by atoms with van der Waals surface area (Å²) in [6.45, 7) is 5.19. The number of nitrogens with one attached hydrogen (secondary N) is 1. The fourth-order valence-electron chi connectivity index (χ4n) is 1.79. The molecule has 0 aliphatic heterocycles. The predicted molar refractivity (Wildman–Crippen MR) is 72.8 cm³/mol. The van der Waals surface area contributed by atoms with Crippen molar-refractivity contribution >= 4 is 23.6 Å². The van der Waals surface area contributed by atoms with Crippen LogP contribution in [0.15, 0.2) is 5.51 Å². The number of aryl methyl sites for hydroxylation is 1. The Bertz CT molecular complexity index is 538. The fraction of sp³-hybridized carbons (Fsp3) is 0.545. The molecule has 0 spiro atoms. The van der Waals surface area contributed by atoms with E-state index in [1.165, 1.54) is 0 Å². The molecule has 2 aromatic rings. The Morgan fingerprint density at radius 3 is 2.94 bits per heavy atom. The highest BCUT2D eigenvalue weighted by Gasteiger charge is 2.14. The van der Waals surface area contributed by atoms with E-state index in [0.29, 0.717) is 4.77 Å². The van der Waals surface area contributed by atoms with E-state index in [2.05, 4.69) is 33.6 Å². The average molecular weight is 268 g/mol. The standard InChI is InChI=1S/C11H16N4S2/c1-3-5-8-9(17-7-12-8)10-13-14-11(16)15(10)6-4-2/h7H,3-6H2,1-2H3,(H,14,16). The molecule has 17 heavy (non-hydrogen) atoms. The van der Waals surface area contributed by atoms with Crippen LogP contribution in [0.4, 0.5) is 0 Å². The van der Waals surface area contributed by atoms with E-state index in [4.69, 9.17) is 12.2 Å². The van der Waals surface area contributed by atoms with E-state index in [1.807, 2.05) is 5.51 Å². The Hall–Kier alpha value is -1.01. The maximum absolute atomic E-state index is 5.25. The SMILES string of the molecule is CCCc1ncsc1-c1n[nH]c(=S)n1CCC. The van der Waals surface area contributed by atoms with Gasteiger partial charge in [-0.15, -0.1) is 11.3 Å². The second-order valence-corrected chi connectivity index (χ2v) is 5.12. The average Bonchev–Trinajstić information content (AvgIpc) is 2.89. The summed E-state index contributed by atoms with van der Waals surface area (Å²) in [5.41, 5.74) is 3.01. The van der Waals surface area contributed by atoms with Crippen LogP contribution in [-0.2, 0) is 13.0 Å². The Balaban J connectivity index is 2.45. The lowest BCUT2D eigenvalue weighted by Crippen LogP contribution is -2.00. The van der Waals surface area contributed by atoms with Crippen LogP contribution in [0.1, 0.15) is 32.4 Å². The monoisotopic (exact) mass is 268 g/mol. The molecule has 2 rings (SSSR count). The molecule has 0 radical (unpaired) electrons. The van der Waals surface area contributed by atoms with Crippen LogP contribution in [0.3, 0.4) is 0 Å². The quantitative estimate of drug-likeness (QED) is 0.845. The molecule has 2 aromatic heterocycles. The molecular weight excluding hydrogens is 252 g/mol. The second kappa shape index (κ2) is 5.55. The van der Waals surface area contributed by atoms with Gasteiger partial charge in [-0.3, -0.25) is 9.67 Å². The molecule has 4 nitrogen and oxygen atoms in total. The molecule has 1 N–H and O–H groups in total. The highest BCUT2D eigenvalue weighted by Crippen LogP contribution is 2.27. The predicted octanol–water partition coefficient (Wildman–Crippen LogP) is 3.43. The van der Waals surface area contributed by atoms with Gasteiger partial charge in [0.1, 0.15) is 0 Å². The van der Waals surface area contributed by atoms with Crippen LogP contribution in [0, 0.1) is 4.77 Å². The van der Waals surface area contributed by atoms with Gasteiger partial charge in [-0.05, 0) is 25.1 Å². The largest absolute Gasteiger partial charge is 0.299 e. The zero-order valence-corrected chi connectivity index (χ0v) is 11.7. The number of H-pyrrole nitrogens is 1. The van der Waals surface area contributed by atoms with E-state index in [0.717, 1.165) is 42.2 Å². The van der Waals surface area contributed by atoms with Gasteiger partial charge in [-0.1, -0.05) is 20.3 Å². The molecule has 0 fully saturated rings. The summed E-state index contributed by atoms with van der Waals surface area (Å²) in [5.74, 6) is 0.933. The van der Waals surface area contributed by atoms with E-state index in [9.17, 15) is 0 Å². The summed E-state index contributed by atoms with van der Waals surface area (Å²) in [6.07, 6.45) is 3.13. The number of hydrogen-bond donors (Lipinski definition) is 1. The molecule has 0 saturated heterocycles. The smallest absolute Gasteiger partial charge is 0.195 e. The van der Waals surface area contributed by atoms with Crippen molar-refractivity contribution < 1.29 is 0 Å². The van der Waals surface area contributed by atoms with Gasteiger partial charge < -0.3 is 0 Å². The third-order valence-corrected chi connectivity index (χ3v) is 3.71. The first kappa shape index (κ1) is 12.4. The molecule has 0 aliphatic rings. The van der Waals surface area contributed by atoms with Crippen molar-refractivity contribution in [2.75, 3.05) is 0 Å². The lowest BCUT2D eigenvalue weighted by Gasteiger charge is -2.04. The summed E-state index contributed by atoms with van der Waals surface area (Å²) in [5, 5.41) is 7.21. The summed E-state index contributed by atoms with van der Waals surface area (Å²) in [7, 11) is 0. The third-order valence-electron chi connectivity index (χ3n) is 2.54. The third kappa shape index (κ3) is 2.47. The normalized spacial score (nSPS) is 10.9. The van der Waals surface area contributed by atoms with E-state index >= 15 is 0 Å². The van der Waals surface area contributed by atoms with Crippen LogP contribution in [0.2, 0.25) is 0 Å². The minimum atomic E-state index is 0.692. The summed E-state index contributed by atoms with van der Waals surface area (Å²) in [6, 6.07) is 0. The highest BCUT2D eigenvalue weighted by molar-refractivity contribution is 7.71. The molecule has 0 saturated carbocycles. The van der Waals surface area contributed by atoms with Crippen molar-refractivity contribution in [3.8, 4) is 10.7 Å².